The predicted octanol–water partition coefficient (Wildman–Crippen LogP) is 5.09. The highest BCUT2D eigenvalue weighted by Crippen LogP contribution is 2.35. The first-order valence-corrected chi connectivity index (χ1v) is 9.20. The first-order valence-electron chi connectivity index (χ1n) is 7.24. The van der Waals surface area contributed by atoms with E-state index in [-0.39, 0.29) is 0 Å². The number of rotatable bonds is 5. The van der Waals surface area contributed by atoms with Crippen molar-refractivity contribution < 1.29 is 0 Å². The number of aromatic nitrogens is 1. The van der Waals surface area contributed by atoms with Gasteiger partial charge in [0.05, 0.1) is 10.6 Å². The van der Waals surface area contributed by atoms with Gasteiger partial charge in [0, 0.05) is 14.5 Å². The third kappa shape index (κ3) is 3.17. The fourth-order valence-electron chi connectivity index (χ4n) is 2.70. The summed E-state index contributed by atoms with van der Waals surface area (Å²) in [6.07, 6.45) is 3.31. The lowest BCUT2D eigenvalue weighted by Gasteiger charge is -2.03. The van der Waals surface area contributed by atoms with E-state index in [9.17, 15) is 0 Å². The Morgan fingerprint density at radius 2 is 2.10 bits per heavy atom. The summed E-state index contributed by atoms with van der Waals surface area (Å²) in [6, 6.07) is 8.90. The van der Waals surface area contributed by atoms with E-state index >= 15 is 0 Å². The number of thiophene rings is 1. The molecule has 0 aliphatic carbocycles. The molecule has 0 aliphatic heterocycles. The van der Waals surface area contributed by atoms with Crippen LogP contribution >= 0.6 is 33.9 Å². The molecule has 0 saturated carbocycles. The monoisotopic (exact) mass is 410 g/mol. The highest BCUT2D eigenvalue weighted by molar-refractivity contribution is 14.1. The summed E-state index contributed by atoms with van der Waals surface area (Å²) in [4.78, 5) is 4.96. The van der Waals surface area contributed by atoms with Gasteiger partial charge < -0.3 is 10.7 Å². The van der Waals surface area contributed by atoms with Crippen LogP contribution in [0.4, 0.5) is 0 Å². The number of aromatic amines is 1. The predicted molar refractivity (Wildman–Crippen MR) is 101 cm³/mol. The van der Waals surface area contributed by atoms with E-state index in [4.69, 9.17) is 5.73 Å². The lowest BCUT2D eigenvalue weighted by Crippen LogP contribution is -1.99. The molecule has 0 unspecified atom stereocenters. The Labute approximate surface area is 142 Å². The van der Waals surface area contributed by atoms with E-state index in [2.05, 4.69) is 64.1 Å². The van der Waals surface area contributed by atoms with Gasteiger partial charge in [-0.25, -0.2) is 0 Å². The average molecular weight is 410 g/mol. The second-order valence-corrected chi connectivity index (χ2v) is 7.56. The third-order valence-corrected chi connectivity index (χ3v) is 5.46. The molecule has 21 heavy (non-hydrogen) atoms. The number of hydrogen-bond donors (Lipinski definition) is 2. The Balaban J connectivity index is 2.10. The topological polar surface area (TPSA) is 41.8 Å². The van der Waals surface area contributed by atoms with E-state index < -0.39 is 0 Å². The highest BCUT2D eigenvalue weighted by Gasteiger charge is 2.14. The van der Waals surface area contributed by atoms with Gasteiger partial charge >= 0.3 is 0 Å². The molecule has 0 spiro atoms. The highest BCUT2D eigenvalue weighted by atomic mass is 127. The van der Waals surface area contributed by atoms with Crippen molar-refractivity contribution in [3.8, 4) is 10.6 Å². The van der Waals surface area contributed by atoms with Crippen molar-refractivity contribution in [1.29, 1.82) is 0 Å². The van der Waals surface area contributed by atoms with Gasteiger partial charge in [0.2, 0.25) is 0 Å². The van der Waals surface area contributed by atoms with Crippen LogP contribution in [0.15, 0.2) is 29.6 Å². The van der Waals surface area contributed by atoms with Crippen molar-refractivity contribution in [3.05, 3.63) is 44.3 Å². The van der Waals surface area contributed by atoms with Gasteiger partial charge in [-0.1, -0.05) is 0 Å². The van der Waals surface area contributed by atoms with Crippen LogP contribution in [0.2, 0.25) is 0 Å². The second kappa shape index (κ2) is 6.50. The van der Waals surface area contributed by atoms with E-state index in [0.29, 0.717) is 0 Å². The normalized spacial score (nSPS) is 11.4. The molecule has 2 heterocycles. The Morgan fingerprint density at radius 3 is 2.81 bits per heavy atom. The summed E-state index contributed by atoms with van der Waals surface area (Å²) < 4.78 is 1.29. The van der Waals surface area contributed by atoms with Crippen LogP contribution in [0.5, 0.6) is 0 Å². The van der Waals surface area contributed by atoms with Crippen LogP contribution in [0.1, 0.15) is 24.0 Å². The summed E-state index contributed by atoms with van der Waals surface area (Å²) in [5, 5.41) is 3.58. The Kier molecular flexibility index (Phi) is 4.66. The summed E-state index contributed by atoms with van der Waals surface area (Å²) in [6.45, 7) is 2.92. The Morgan fingerprint density at radius 1 is 1.24 bits per heavy atom. The van der Waals surface area contributed by atoms with Crippen LogP contribution in [0.25, 0.3) is 21.5 Å². The second-order valence-electron chi connectivity index (χ2n) is 5.40. The summed E-state index contributed by atoms with van der Waals surface area (Å²) in [7, 11) is 0. The largest absolute Gasteiger partial charge is 0.354 e. The van der Waals surface area contributed by atoms with Crippen LogP contribution in [0.3, 0.4) is 0 Å². The number of hydrogen-bond acceptors (Lipinski definition) is 2. The summed E-state index contributed by atoms with van der Waals surface area (Å²) in [5.41, 5.74) is 11.0. The van der Waals surface area contributed by atoms with E-state index in [1.54, 1.807) is 0 Å². The molecule has 110 valence electrons. The molecule has 0 bridgehead atoms. The average Bonchev–Trinajstić information content (AvgIpc) is 3.03. The third-order valence-electron chi connectivity index (χ3n) is 3.73. The van der Waals surface area contributed by atoms with Crippen molar-refractivity contribution in [2.24, 2.45) is 5.73 Å². The minimum absolute atomic E-state index is 0.771. The van der Waals surface area contributed by atoms with Crippen molar-refractivity contribution >= 4 is 44.8 Å². The van der Waals surface area contributed by atoms with Gasteiger partial charge in [-0.05, 0) is 96.1 Å². The number of H-pyrrole nitrogens is 1. The standard InChI is InChI=1S/C17H19IN2S/c1-11-8-16(21-10-11)17-13(4-2-3-7-19)14-9-12(18)5-6-15(14)20-17/h5-6,8-10,20H,2-4,7,19H2,1H3. The van der Waals surface area contributed by atoms with E-state index in [1.807, 2.05) is 11.3 Å². The van der Waals surface area contributed by atoms with E-state index in [0.717, 1.165) is 25.8 Å². The molecule has 3 aromatic rings. The molecule has 3 rings (SSSR count). The molecule has 0 aliphatic rings. The Hall–Kier alpha value is -0.850. The van der Waals surface area contributed by atoms with Gasteiger partial charge in [-0.3, -0.25) is 0 Å². The maximum Gasteiger partial charge on any atom is 0.0598 e. The molecule has 1 aromatic carbocycles. The zero-order valence-electron chi connectivity index (χ0n) is 12.1. The molecular weight excluding hydrogens is 391 g/mol. The fourth-order valence-corrected chi connectivity index (χ4v) is 4.12. The first-order chi connectivity index (χ1) is 10.2. The summed E-state index contributed by atoms with van der Waals surface area (Å²) >= 11 is 4.20. The molecule has 4 heteroatoms. The lowest BCUT2D eigenvalue weighted by atomic mass is 10.0. The van der Waals surface area contributed by atoms with Crippen LogP contribution < -0.4 is 5.73 Å². The van der Waals surface area contributed by atoms with Crippen molar-refractivity contribution in [1.82, 2.24) is 4.98 Å². The molecule has 0 saturated heterocycles. The van der Waals surface area contributed by atoms with Gasteiger partial charge in [-0.15, -0.1) is 11.3 Å². The molecule has 3 N–H and O–H groups in total. The molecule has 2 nitrogen and oxygen atoms in total. The molecule has 2 aromatic heterocycles. The van der Waals surface area contributed by atoms with Gasteiger partial charge in [-0.2, -0.15) is 0 Å². The molecule has 0 atom stereocenters. The van der Waals surface area contributed by atoms with Crippen LogP contribution in [-0.2, 0) is 6.42 Å². The molecule has 0 radical (unpaired) electrons. The quantitative estimate of drug-likeness (QED) is 0.447. The van der Waals surface area contributed by atoms with Gasteiger partial charge in [0.15, 0.2) is 0 Å². The smallest absolute Gasteiger partial charge is 0.0598 e. The SMILES string of the molecule is Cc1csc(-c2[nH]c3ccc(I)cc3c2CCCCN)c1. The Bertz CT molecular complexity index is 757. The first kappa shape index (κ1) is 15.1. The number of benzene rings is 1. The number of halogens is 1. The number of nitrogens with two attached hydrogens (primary N) is 1. The van der Waals surface area contributed by atoms with Gasteiger partial charge in [0.1, 0.15) is 0 Å². The number of fused-ring (bicyclic) bond motifs is 1. The van der Waals surface area contributed by atoms with E-state index in [1.165, 1.54) is 36.2 Å². The number of nitrogens with one attached hydrogen (secondary N) is 1. The minimum atomic E-state index is 0.771. The zero-order valence-corrected chi connectivity index (χ0v) is 15.1. The maximum absolute atomic E-state index is 5.65. The maximum atomic E-state index is 5.65. The minimum Gasteiger partial charge on any atom is -0.354 e. The molecule has 0 fully saturated rings. The van der Waals surface area contributed by atoms with Crippen LogP contribution in [0, 0.1) is 10.5 Å². The zero-order chi connectivity index (χ0) is 14.8. The summed E-state index contributed by atoms with van der Waals surface area (Å²) in [5.74, 6) is 0. The fraction of sp³-hybridized carbons (Fsp3) is 0.294. The number of aryl methyl sites for hydroxylation is 2. The van der Waals surface area contributed by atoms with Crippen molar-refractivity contribution in [2.45, 2.75) is 26.2 Å². The van der Waals surface area contributed by atoms with Crippen molar-refractivity contribution in [2.75, 3.05) is 6.54 Å². The molecular formula is C17H19IN2S. The number of unbranched alkanes of at least 4 members (excludes halogenated alkanes) is 1. The van der Waals surface area contributed by atoms with Gasteiger partial charge in [0.25, 0.3) is 0 Å². The van der Waals surface area contributed by atoms with Crippen molar-refractivity contribution in [3.63, 3.8) is 0 Å². The van der Waals surface area contributed by atoms with Crippen LogP contribution in [-0.4, -0.2) is 11.5 Å². The molecule has 0 amide bonds. The lowest BCUT2D eigenvalue weighted by molar-refractivity contribution is 0.748.